The lowest BCUT2D eigenvalue weighted by molar-refractivity contribution is 0.414. The van der Waals surface area contributed by atoms with Crippen LogP contribution in [0, 0.1) is 22.3 Å². The Hall–Kier alpha value is -0.980. The van der Waals surface area contributed by atoms with E-state index in [-0.39, 0.29) is 0 Å². The first-order chi connectivity index (χ1) is 14.2. The first-order valence-electron chi connectivity index (χ1n) is 8.24. The van der Waals surface area contributed by atoms with Gasteiger partial charge in [0.1, 0.15) is 11.5 Å². The molecule has 0 radical (unpaired) electrons. The van der Waals surface area contributed by atoms with Crippen LogP contribution < -0.4 is 9.47 Å². The third-order valence-electron chi connectivity index (χ3n) is 4.04. The molecule has 3 aromatic rings. The zero-order chi connectivity index (χ0) is 20.6. The quantitative estimate of drug-likeness (QED) is 0.209. The van der Waals surface area contributed by atoms with Gasteiger partial charge in [0, 0.05) is 74.4 Å². The van der Waals surface area contributed by atoms with Gasteiger partial charge in [-0.25, -0.2) is 0 Å². The number of rotatable bonds is 4. The highest BCUT2D eigenvalue weighted by Gasteiger charge is 2.12. The Kier molecular flexibility index (Phi) is 8.94. The summed E-state index contributed by atoms with van der Waals surface area (Å²) in [4.78, 5) is 2.31. The average molecular weight is 660 g/mol. The van der Waals surface area contributed by atoms with Crippen LogP contribution in [0.4, 0.5) is 0 Å². The number of hydrogen-bond acceptors (Lipinski definition) is 5. The second-order valence-electron chi connectivity index (χ2n) is 5.60. The molecular formula is C22H14I2O2S3. The van der Waals surface area contributed by atoms with Crippen LogP contribution >= 0.6 is 71.6 Å². The summed E-state index contributed by atoms with van der Waals surface area (Å²) in [7, 11) is 6.28. The van der Waals surface area contributed by atoms with E-state index in [1.165, 1.54) is 17.9 Å². The van der Waals surface area contributed by atoms with Gasteiger partial charge in [-0.3, -0.25) is 0 Å². The molecule has 1 aromatic heterocycles. The Morgan fingerprint density at radius 2 is 1.17 bits per heavy atom. The molecule has 0 saturated heterocycles. The Morgan fingerprint density at radius 3 is 1.55 bits per heavy atom. The normalized spacial score (nSPS) is 9.79. The maximum absolute atomic E-state index is 5.37. The average Bonchev–Trinajstić information content (AvgIpc) is 3.25. The van der Waals surface area contributed by atoms with E-state index in [0.29, 0.717) is 0 Å². The molecular weight excluding hydrogens is 646 g/mol. The van der Waals surface area contributed by atoms with E-state index in [1.807, 2.05) is 24.3 Å². The van der Waals surface area contributed by atoms with E-state index in [9.17, 15) is 0 Å². The molecule has 0 aliphatic heterocycles. The highest BCUT2D eigenvalue weighted by Crippen LogP contribution is 2.39. The minimum Gasteiger partial charge on any atom is -0.497 e. The first-order valence-corrected chi connectivity index (χ1v) is 15.8. The monoisotopic (exact) mass is 660 g/mol. The largest absolute Gasteiger partial charge is 0.497 e. The van der Waals surface area contributed by atoms with Crippen LogP contribution in [0.25, 0.3) is 20.9 Å². The van der Waals surface area contributed by atoms with Gasteiger partial charge in [-0.05, 0) is 76.9 Å². The highest BCUT2D eigenvalue weighted by atomic mass is 127. The third-order valence-corrected chi connectivity index (χ3v) is 6.87. The van der Waals surface area contributed by atoms with Gasteiger partial charge < -0.3 is 9.47 Å². The van der Waals surface area contributed by atoms with Crippen molar-refractivity contribution in [2.24, 2.45) is 0 Å². The molecule has 0 atom stereocenters. The fourth-order valence-corrected chi connectivity index (χ4v) is 4.76. The van der Waals surface area contributed by atoms with Crippen molar-refractivity contribution in [1.82, 2.24) is 0 Å². The van der Waals surface area contributed by atoms with Crippen LogP contribution in [0.5, 0.6) is 11.5 Å². The van der Waals surface area contributed by atoms with Crippen molar-refractivity contribution in [2.45, 2.75) is 0 Å². The molecule has 0 unspecified atom stereocenters. The van der Waals surface area contributed by atoms with Gasteiger partial charge in [0.15, 0.2) is 0 Å². The molecule has 2 aromatic carbocycles. The van der Waals surface area contributed by atoms with Crippen LogP contribution in [0.15, 0.2) is 48.5 Å². The lowest BCUT2D eigenvalue weighted by Gasteiger charge is -2.07. The van der Waals surface area contributed by atoms with Crippen molar-refractivity contribution >= 4 is 71.6 Å². The van der Waals surface area contributed by atoms with E-state index in [2.05, 4.69) is 89.0 Å². The minimum atomic E-state index is 0.803. The smallest absolute Gasteiger partial charge is 0.120 e. The lowest BCUT2D eigenvalue weighted by Crippen LogP contribution is -1.87. The van der Waals surface area contributed by atoms with Crippen molar-refractivity contribution in [2.75, 3.05) is 14.2 Å². The molecule has 0 aliphatic rings. The van der Waals surface area contributed by atoms with Crippen LogP contribution in [0.1, 0.15) is 11.1 Å². The van der Waals surface area contributed by atoms with Gasteiger partial charge in [-0.1, -0.05) is 11.8 Å². The van der Waals surface area contributed by atoms with Crippen LogP contribution in [-0.2, 0) is 0 Å². The molecule has 146 valence electrons. The van der Waals surface area contributed by atoms with Gasteiger partial charge in [-0.15, -0.1) is 11.3 Å². The lowest BCUT2D eigenvalue weighted by atomic mass is 10.0. The van der Waals surface area contributed by atoms with E-state index >= 15 is 0 Å². The second-order valence-corrected chi connectivity index (χ2v) is 10.0. The van der Waals surface area contributed by atoms with Crippen molar-refractivity contribution in [3.63, 3.8) is 0 Å². The molecule has 0 spiro atoms. The Labute approximate surface area is 207 Å². The summed E-state index contributed by atoms with van der Waals surface area (Å²) in [5.74, 6) is 8.06. The second kappa shape index (κ2) is 11.4. The molecule has 0 amide bonds. The maximum atomic E-state index is 5.37. The summed E-state index contributed by atoms with van der Waals surface area (Å²) < 4.78 is 10.7. The van der Waals surface area contributed by atoms with Crippen molar-refractivity contribution < 1.29 is 9.47 Å². The van der Waals surface area contributed by atoms with E-state index in [1.54, 1.807) is 25.6 Å². The zero-order valence-corrected chi connectivity index (χ0v) is 22.2. The first kappa shape index (κ1) is 22.7. The summed E-state index contributed by atoms with van der Waals surface area (Å²) in [6, 6.07) is 16.3. The number of methoxy groups -OCH3 is 2. The Balaban J connectivity index is 2.07. The molecule has 7 heteroatoms. The summed E-state index contributed by atoms with van der Waals surface area (Å²) >= 11 is 6.09. The molecule has 0 fully saturated rings. The molecule has 3 rings (SSSR count). The predicted molar refractivity (Wildman–Crippen MR) is 145 cm³/mol. The standard InChI is InChI=1S/C22H14I2O2S3/c1-25-17-3-5-19(15(13-17)9-11-27-23)21-7-8-22(29-21)20-6-4-18(26-2)14-16(20)10-12-28-24/h3-8,13-14H,1-2H3. The van der Waals surface area contributed by atoms with Gasteiger partial charge in [0.05, 0.1) is 14.2 Å². The maximum Gasteiger partial charge on any atom is 0.120 e. The van der Waals surface area contributed by atoms with Crippen molar-refractivity contribution in [1.29, 1.82) is 0 Å². The summed E-state index contributed by atoms with van der Waals surface area (Å²) in [5, 5.41) is 6.15. The number of ether oxygens (including phenoxy) is 2. The topological polar surface area (TPSA) is 18.5 Å². The number of hydrogen-bond donors (Lipinski definition) is 0. The molecule has 0 aliphatic carbocycles. The third kappa shape index (κ3) is 5.80. The minimum absolute atomic E-state index is 0.803. The Morgan fingerprint density at radius 1 is 0.724 bits per heavy atom. The SMILES string of the molecule is COc1ccc(-c2ccc(-c3ccc(OC)cc3C#CSI)s2)c(C#CSI)c1. The zero-order valence-electron chi connectivity index (χ0n) is 15.4. The van der Waals surface area contributed by atoms with E-state index < -0.39 is 0 Å². The summed E-state index contributed by atoms with van der Waals surface area (Å²) in [5.41, 5.74) is 4.11. The van der Waals surface area contributed by atoms with Crippen molar-refractivity contribution in [3.05, 3.63) is 59.7 Å². The summed E-state index contributed by atoms with van der Waals surface area (Å²) in [6.45, 7) is 0. The van der Waals surface area contributed by atoms with Crippen LogP contribution in [0.2, 0.25) is 0 Å². The molecule has 1 heterocycles. The molecule has 29 heavy (non-hydrogen) atoms. The Bertz CT molecular complexity index is 1050. The van der Waals surface area contributed by atoms with Gasteiger partial charge >= 0.3 is 0 Å². The fourth-order valence-electron chi connectivity index (χ4n) is 2.71. The summed E-state index contributed by atoms with van der Waals surface area (Å²) in [6.07, 6.45) is 0. The van der Waals surface area contributed by atoms with Crippen LogP contribution in [0.3, 0.4) is 0 Å². The van der Waals surface area contributed by atoms with E-state index in [0.717, 1.165) is 43.5 Å². The van der Waals surface area contributed by atoms with Gasteiger partial charge in [0.25, 0.3) is 0 Å². The van der Waals surface area contributed by atoms with Gasteiger partial charge in [0.2, 0.25) is 0 Å². The van der Waals surface area contributed by atoms with Crippen molar-refractivity contribution in [3.8, 4) is 54.7 Å². The number of benzene rings is 2. The van der Waals surface area contributed by atoms with Crippen LogP contribution in [-0.4, -0.2) is 14.2 Å². The van der Waals surface area contributed by atoms with E-state index in [4.69, 9.17) is 9.47 Å². The molecule has 2 nitrogen and oxygen atoms in total. The highest BCUT2D eigenvalue weighted by molar-refractivity contribution is 14.2. The number of halogens is 2. The number of thiophene rings is 1. The predicted octanol–water partition coefficient (Wildman–Crippen LogP) is 7.88. The molecule has 0 saturated carbocycles. The van der Waals surface area contributed by atoms with Gasteiger partial charge in [-0.2, -0.15) is 0 Å². The fraction of sp³-hybridized carbons (Fsp3) is 0.0909. The molecule has 0 bridgehead atoms. The molecule has 0 N–H and O–H groups in total.